The fraction of sp³-hybridized carbons (Fsp3) is 0.615. The molecule has 7 nitrogen and oxygen atoms in total. The highest BCUT2D eigenvalue weighted by Gasteiger charge is 2.40. The molecule has 2 amide bonds. The average Bonchev–Trinajstić information content (AvgIpc) is 2.99. The molecule has 3 rings (SSSR count). The zero-order chi connectivity index (χ0) is 16.8. The number of carbonyl (C=O) groups excluding carboxylic acids is 2. The monoisotopic (exact) mass is 332 g/mol. The van der Waals surface area contributed by atoms with Crippen molar-refractivity contribution in [2.24, 2.45) is 0 Å². The minimum absolute atomic E-state index is 0.0986. The normalized spacial score (nSPS) is 21.4. The Morgan fingerprint density at radius 1 is 1.43 bits per heavy atom. The van der Waals surface area contributed by atoms with Gasteiger partial charge in [-0.15, -0.1) is 0 Å². The lowest BCUT2D eigenvalue weighted by atomic mass is 10.2. The molecule has 1 atom stereocenters. The second kappa shape index (κ2) is 5.43. The molecule has 1 unspecified atom stereocenters. The number of nitrogens with zero attached hydrogens (tertiary/aromatic N) is 4. The van der Waals surface area contributed by atoms with Gasteiger partial charge in [-0.1, -0.05) is 0 Å². The van der Waals surface area contributed by atoms with Crippen molar-refractivity contribution in [2.45, 2.75) is 25.7 Å². The molecule has 1 aromatic rings. The van der Waals surface area contributed by atoms with Gasteiger partial charge in [-0.2, -0.15) is 18.3 Å². The third kappa shape index (κ3) is 3.10. The van der Waals surface area contributed by atoms with E-state index in [0.717, 1.165) is 0 Å². The van der Waals surface area contributed by atoms with Gasteiger partial charge in [-0.3, -0.25) is 14.4 Å². The maximum Gasteiger partial charge on any atom is 0.410 e. The Kier molecular flexibility index (Phi) is 3.69. The number of piperazine rings is 1. The predicted octanol–water partition coefficient (Wildman–Crippen LogP) is 1.03. The van der Waals surface area contributed by atoms with Crippen molar-refractivity contribution in [2.75, 3.05) is 26.2 Å². The molecular weight excluding hydrogens is 317 g/mol. The topological polar surface area (TPSA) is 67.7 Å². The maximum atomic E-state index is 12.6. The Balaban J connectivity index is 1.77. The largest absolute Gasteiger partial charge is 0.447 e. The molecule has 2 aliphatic rings. The molecule has 0 saturated carbocycles. The Labute approximate surface area is 129 Å². The van der Waals surface area contributed by atoms with Gasteiger partial charge >= 0.3 is 12.3 Å². The van der Waals surface area contributed by atoms with E-state index in [2.05, 4.69) is 5.10 Å². The Hall–Kier alpha value is -2.26. The number of cyclic esters (lactones) is 1. The molecule has 0 N–H and O–H groups in total. The number of rotatable bonds is 2. The van der Waals surface area contributed by atoms with Crippen molar-refractivity contribution < 1.29 is 27.5 Å². The number of alkyl halides is 3. The lowest BCUT2D eigenvalue weighted by Crippen LogP contribution is -2.54. The molecule has 2 fully saturated rings. The number of carbonyl (C=O) groups is 2. The van der Waals surface area contributed by atoms with Gasteiger partial charge in [-0.25, -0.2) is 4.79 Å². The summed E-state index contributed by atoms with van der Waals surface area (Å²) in [6.45, 7) is 1.20. The number of fused-ring (bicyclic) bond motifs is 1. The van der Waals surface area contributed by atoms with Crippen LogP contribution in [-0.2, 0) is 11.3 Å². The van der Waals surface area contributed by atoms with Gasteiger partial charge in [0.2, 0.25) is 0 Å². The Morgan fingerprint density at radius 2 is 2.17 bits per heavy atom. The van der Waals surface area contributed by atoms with Crippen molar-refractivity contribution in [3.63, 3.8) is 0 Å². The molecule has 23 heavy (non-hydrogen) atoms. The van der Waals surface area contributed by atoms with Crippen LogP contribution in [0.2, 0.25) is 0 Å². The van der Waals surface area contributed by atoms with Crippen molar-refractivity contribution in [1.82, 2.24) is 19.6 Å². The lowest BCUT2D eigenvalue weighted by molar-refractivity contribution is -0.142. The first kappa shape index (κ1) is 15.6. The van der Waals surface area contributed by atoms with Crippen LogP contribution in [0.15, 0.2) is 6.07 Å². The number of hydrogen-bond donors (Lipinski definition) is 0. The van der Waals surface area contributed by atoms with E-state index in [4.69, 9.17) is 4.74 Å². The molecule has 0 spiro atoms. The van der Waals surface area contributed by atoms with Crippen LogP contribution < -0.4 is 0 Å². The summed E-state index contributed by atoms with van der Waals surface area (Å²) in [7, 11) is 0. The van der Waals surface area contributed by atoms with Gasteiger partial charge in [0.05, 0.1) is 11.7 Å². The van der Waals surface area contributed by atoms with Gasteiger partial charge in [-0.05, 0) is 13.0 Å². The minimum Gasteiger partial charge on any atom is -0.447 e. The van der Waals surface area contributed by atoms with E-state index in [1.54, 1.807) is 0 Å². The van der Waals surface area contributed by atoms with E-state index in [0.29, 0.717) is 16.9 Å². The van der Waals surface area contributed by atoms with E-state index < -0.39 is 24.7 Å². The fourth-order valence-electron chi connectivity index (χ4n) is 2.84. The number of aromatic nitrogens is 2. The lowest BCUT2D eigenvalue weighted by Gasteiger charge is -2.35. The molecule has 1 aromatic heterocycles. The van der Waals surface area contributed by atoms with E-state index in [9.17, 15) is 22.8 Å². The number of hydrogen-bond acceptors (Lipinski definition) is 4. The van der Waals surface area contributed by atoms with Crippen molar-refractivity contribution in [3.05, 3.63) is 17.5 Å². The Morgan fingerprint density at radius 3 is 2.87 bits per heavy atom. The first-order valence-corrected chi connectivity index (χ1v) is 7.08. The number of ether oxygens (including phenoxy) is 1. The SMILES string of the molecule is Cc1cc(C(=O)N2CCN3C(=O)OCC3C2)n(CC(F)(F)F)n1. The fourth-order valence-corrected chi connectivity index (χ4v) is 2.84. The summed E-state index contributed by atoms with van der Waals surface area (Å²) in [4.78, 5) is 26.9. The summed E-state index contributed by atoms with van der Waals surface area (Å²) < 4.78 is 43.4. The standard InChI is InChI=1S/C13H15F3N4O3/c1-8-4-10(20(17-8)7-13(14,15)16)11(21)18-2-3-19-9(5-18)6-23-12(19)22/h4,9H,2-3,5-7H2,1H3. The van der Waals surface area contributed by atoms with Gasteiger partial charge in [0, 0.05) is 19.6 Å². The molecule has 126 valence electrons. The van der Waals surface area contributed by atoms with Crippen LogP contribution in [0.4, 0.5) is 18.0 Å². The van der Waals surface area contributed by atoms with Crippen LogP contribution >= 0.6 is 0 Å². The zero-order valence-corrected chi connectivity index (χ0v) is 12.3. The van der Waals surface area contributed by atoms with E-state index in [1.807, 2.05) is 0 Å². The number of amides is 2. The van der Waals surface area contributed by atoms with Gasteiger partial charge in [0.15, 0.2) is 0 Å². The molecule has 0 aromatic carbocycles. The summed E-state index contributed by atoms with van der Waals surface area (Å²) in [5, 5.41) is 3.75. The molecule has 2 aliphatic heterocycles. The first-order valence-electron chi connectivity index (χ1n) is 7.08. The van der Waals surface area contributed by atoms with Crippen LogP contribution in [0, 0.1) is 6.92 Å². The Bertz CT molecular complexity index is 643. The second-order valence-electron chi connectivity index (χ2n) is 5.62. The minimum atomic E-state index is -4.46. The predicted molar refractivity (Wildman–Crippen MR) is 70.8 cm³/mol. The van der Waals surface area contributed by atoms with Gasteiger partial charge in [0.1, 0.15) is 18.8 Å². The van der Waals surface area contributed by atoms with Crippen LogP contribution in [0.1, 0.15) is 16.2 Å². The quantitative estimate of drug-likeness (QED) is 0.811. The molecule has 0 bridgehead atoms. The van der Waals surface area contributed by atoms with Gasteiger partial charge in [0.25, 0.3) is 5.91 Å². The van der Waals surface area contributed by atoms with Crippen LogP contribution in [0.3, 0.4) is 0 Å². The third-order valence-corrected chi connectivity index (χ3v) is 3.85. The van der Waals surface area contributed by atoms with E-state index in [-0.39, 0.29) is 31.4 Å². The molecule has 10 heteroatoms. The summed E-state index contributed by atoms with van der Waals surface area (Å²) in [6, 6.07) is 1.09. The molecule has 3 heterocycles. The molecule has 2 saturated heterocycles. The van der Waals surface area contributed by atoms with Crippen molar-refractivity contribution >= 4 is 12.0 Å². The third-order valence-electron chi connectivity index (χ3n) is 3.85. The second-order valence-corrected chi connectivity index (χ2v) is 5.62. The summed E-state index contributed by atoms with van der Waals surface area (Å²) >= 11 is 0. The highest BCUT2D eigenvalue weighted by atomic mass is 19.4. The maximum absolute atomic E-state index is 12.6. The zero-order valence-electron chi connectivity index (χ0n) is 12.3. The summed E-state index contributed by atoms with van der Waals surface area (Å²) in [5.41, 5.74) is 0.245. The highest BCUT2D eigenvalue weighted by Crippen LogP contribution is 2.22. The highest BCUT2D eigenvalue weighted by molar-refractivity contribution is 5.93. The summed E-state index contributed by atoms with van der Waals surface area (Å²) in [5.74, 6) is -0.520. The van der Waals surface area contributed by atoms with Crippen LogP contribution in [0.25, 0.3) is 0 Å². The molecular formula is C13H15F3N4O3. The van der Waals surface area contributed by atoms with E-state index in [1.165, 1.54) is 22.8 Å². The van der Waals surface area contributed by atoms with Crippen molar-refractivity contribution in [1.29, 1.82) is 0 Å². The smallest absolute Gasteiger partial charge is 0.410 e. The molecule has 0 radical (unpaired) electrons. The van der Waals surface area contributed by atoms with Crippen LogP contribution in [0.5, 0.6) is 0 Å². The number of aryl methyl sites for hydroxylation is 1. The van der Waals surface area contributed by atoms with E-state index >= 15 is 0 Å². The van der Waals surface area contributed by atoms with Crippen molar-refractivity contribution in [3.8, 4) is 0 Å². The first-order chi connectivity index (χ1) is 10.7. The number of halogens is 3. The van der Waals surface area contributed by atoms with Crippen LogP contribution in [-0.4, -0.2) is 70.0 Å². The summed E-state index contributed by atoms with van der Waals surface area (Å²) in [6.07, 6.45) is -4.88. The van der Waals surface area contributed by atoms with Gasteiger partial charge < -0.3 is 9.64 Å². The molecule has 0 aliphatic carbocycles. The average molecular weight is 332 g/mol.